The normalized spacial score (nSPS) is 10.3. The summed E-state index contributed by atoms with van der Waals surface area (Å²) in [6.07, 6.45) is 0. The fourth-order valence-electron chi connectivity index (χ4n) is 0.938. The van der Waals surface area contributed by atoms with Crippen LogP contribution in [-0.2, 0) is 0 Å². The molecule has 78 valence electrons. The Hall–Kier alpha value is -0.650. The number of benzene rings is 1. The van der Waals surface area contributed by atoms with Crippen molar-refractivity contribution in [3.8, 4) is 10.9 Å². The number of nitrogens with zero attached hydrogens (tertiary/aromatic N) is 1. The van der Waals surface area contributed by atoms with Gasteiger partial charge in [0.25, 0.3) is 5.19 Å². The molecule has 0 aliphatic heterocycles. The molecule has 1 aromatic heterocycles. The first-order valence-corrected chi connectivity index (χ1v) is 5.94. The van der Waals surface area contributed by atoms with Gasteiger partial charge in [0.05, 0.1) is 0 Å². The average molecular weight is 309 g/mol. The van der Waals surface area contributed by atoms with E-state index in [1.54, 1.807) is 11.4 Å². The highest BCUT2D eigenvalue weighted by molar-refractivity contribution is 9.10. The molecule has 0 aliphatic carbocycles. The van der Waals surface area contributed by atoms with E-state index in [1.165, 1.54) is 23.5 Å². The predicted molar refractivity (Wildman–Crippen MR) is 61.3 cm³/mol. The lowest BCUT2D eigenvalue weighted by Crippen LogP contribution is -1.87. The van der Waals surface area contributed by atoms with Gasteiger partial charge in [0, 0.05) is 9.85 Å². The molecule has 6 heteroatoms. The Morgan fingerprint density at radius 3 is 2.87 bits per heavy atom. The summed E-state index contributed by atoms with van der Waals surface area (Å²) in [6, 6.07) is 4.53. The monoisotopic (exact) mass is 307 g/mol. The third-order valence-electron chi connectivity index (χ3n) is 1.55. The lowest BCUT2D eigenvalue weighted by atomic mass is 10.3. The van der Waals surface area contributed by atoms with Crippen molar-refractivity contribution >= 4 is 38.9 Å². The van der Waals surface area contributed by atoms with E-state index in [4.69, 9.17) is 16.3 Å². The Bertz CT molecular complexity index is 491. The lowest BCUT2D eigenvalue weighted by Gasteiger charge is -2.02. The largest absolute Gasteiger partial charge is 0.428 e. The molecule has 0 N–H and O–H groups in total. The molecule has 0 unspecified atom stereocenters. The van der Waals surface area contributed by atoms with Crippen molar-refractivity contribution in [1.29, 1.82) is 0 Å². The molecule has 15 heavy (non-hydrogen) atoms. The van der Waals surface area contributed by atoms with Crippen molar-refractivity contribution in [3.05, 3.63) is 39.0 Å². The van der Waals surface area contributed by atoms with Crippen LogP contribution in [0.3, 0.4) is 0 Å². The van der Waals surface area contributed by atoms with Crippen LogP contribution in [0.1, 0.15) is 0 Å². The van der Waals surface area contributed by atoms with Gasteiger partial charge in [-0.2, -0.15) is 4.98 Å². The Morgan fingerprint density at radius 2 is 2.27 bits per heavy atom. The van der Waals surface area contributed by atoms with Crippen LogP contribution < -0.4 is 4.74 Å². The Morgan fingerprint density at radius 1 is 1.47 bits per heavy atom. The zero-order valence-electron chi connectivity index (χ0n) is 7.21. The van der Waals surface area contributed by atoms with Crippen molar-refractivity contribution < 1.29 is 9.13 Å². The fraction of sp³-hybridized carbons (Fsp3) is 0. The van der Waals surface area contributed by atoms with E-state index < -0.39 is 5.82 Å². The molecule has 2 nitrogen and oxygen atoms in total. The van der Waals surface area contributed by atoms with Crippen LogP contribution >= 0.6 is 38.9 Å². The first-order valence-electron chi connectivity index (χ1n) is 3.89. The van der Waals surface area contributed by atoms with E-state index in [0.717, 1.165) is 0 Å². The smallest absolute Gasteiger partial charge is 0.280 e. The van der Waals surface area contributed by atoms with Crippen molar-refractivity contribution in [1.82, 2.24) is 4.98 Å². The van der Waals surface area contributed by atoms with Gasteiger partial charge in [-0.15, -0.1) is 0 Å². The zero-order valence-corrected chi connectivity index (χ0v) is 10.4. The first kappa shape index (κ1) is 10.9. The fourth-order valence-corrected chi connectivity index (χ4v) is 2.07. The second-order valence-electron chi connectivity index (χ2n) is 2.61. The average Bonchev–Trinajstić information content (AvgIpc) is 2.56. The number of thiazole rings is 1. The molecule has 0 bridgehead atoms. The summed E-state index contributed by atoms with van der Waals surface area (Å²) in [7, 11) is 0. The quantitative estimate of drug-likeness (QED) is 0.815. The zero-order chi connectivity index (χ0) is 10.8. The maximum absolute atomic E-state index is 13.3. The molecule has 0 spiro atoms. The molecule has 2 rings (SSSR count). The molecule has 0 amide bonds. The Labute approximate surface area is 103 Å². The number of hydrogen-bond donors (Lipinski definition) is 0. The summed E-state index contributed by atoms with van der Waals surface area (Å²) < 4.78 is 19.2. The van der Waals surface area contributed by atoms with Gasteiger partial charge in [-0.3, -0.25) is 0 Å². The number of hydrogen-bond acceptors (Lipinski definition) is 3. The maximum atomic E-state index is 13.3. The molecule has 2 aromatic rings. The van der Waals surface area contributed by atoms with Crippen LogP contribution in [0.15, 0.2) is 28.1 Å². The molecule has 0 radical (unpaired) electrons. The minimum absolute atomic E-state index is 0.129. The van der Waals surface area contributed by atoms with Crippen LogP contribution in [0.2, 0.25) is 5.15 Å². The summed E-state index contributed by atoms with van der Waals surface area (Å²) >= 11 is 9.98. The topological polar surface area (TPSA) is 22.1 Å². The summed E-state index contributed by atoms with van der Waals surface area (Å²) in [6.45, 7) is 0. The van der Waals surface area contributed by atoms with Gasteiger partial charge in [-0.05, 0) is 18.2 Å². The van der Waals surface area contributed by atoms with Crippen molar-refractivity contribution in [2.75, 3.05) is 0 Å². The summed E-state index contributed by atoms with van der Waals surface area (Å²) in [4.78, 5) is 3.85. The van der Waals surface area contributed by atoms with Crippen LogP contribution in [-0.4, -0.2) is 4.98 Å². The van der Waals surface area contributed by atoms with E-state index in [0.29, 0.717) is 14.8 Å². The molecule has 0 saturated carbocycles. The standard InChI is InChI=1S/C9H4BrClFNOS/c10-5-1-2-7(6(12)3-5)14-9-13-8(11)4-15-9/h1-4H. The molecule has 1 heterocycles. The molecule has 0 aliphatic rings. The minimum atomic E-state index is -0.448. The number of halogens is 3. The van der Waals surface area contributed by atoms with Crippen LogP contribution in [0.5, 0.6) is 10.9 Å². The van der Waals surface area contributed by atoms with Gasteiger partial charge in [0.15, 0.2) is 11.6 Å². The highest BCUT2D eigenvalue weighted by atomic mass is 79.9. The van der Waals surface area contributed by atoms with Crippen molar-refractivity contribution in [2.45, 2.75) is 0 Å². The maximum Gasteiger partial charge on any atom is 0.280 e. The van der Waals surface area contributed by atoms with E-state index >= 15 is 0 Å². The van der Waals surface area contributed by atoms with E-state index in [9.17, 15) is 4.39 Å². The summed E-state index contributed by atoms with van der Waals surface area (Å²) in [5.74, 6) is -0.320. The van der Waals surface area contributed by atoms with Gasteiger partial charge in [-0.1, -0.05) is 38.9 Å². The third-order valence-corrected chi connectivity index (χ3v) is 3.08. The Balaban J connectivity index is 2.24. The van der Waals surface area contributed by atoms with Crippen LogP contribution in [0.25, 0.3) is 0 Å². The van der Waals surface area contributed by atoms with Gasteiger partial charge in [0.1, 0.15) is 5.15 Å². The van der Waals surface area contributed by atoms with Gasteiger partial charge in [-0.25, -0.2) is 4.39 Å². The molecule has 0 atom stereocenters. The second kappa shape index (κ2) is 4.47. The molecule has 0 fully saturated rings. The van der Waals surface area contributed by atoms with Crippen LogP contribution in [0, 0.1) is 5.82 Å². The van der Waals surface area contributed by atoms with Crippen LogP contribution in [0.4, 0.5) is 4.39 Å². The molecule has 1 aromatic carbocycles. The summed E-state index contributed by atoms with van der Waals surface area (Å²) in [5, 5.41) is 2.28. The van der Waals surface area contributed by atoms with E-state index in [1.807, 2.05) is 0 Å². The van der Waals surface area contributed by atoms with E-state index in [-0.39, 0.29) is 5.75 Å². The van der Waals surface area contributed by atoms with E-state index in [2.05, 4.69) is 20.9 Å². The highest BCUT2D eigenvalue weighted by Gasteiger charge is 2.07. The SMILES string of the molecule is Fc1cc(Br)ccc1Oc1nc(Cl)cs1. The predicted octanol–water partition coefficient (Wildman–Crippen LogP) is 4.49. The molecule has 0 saturated heterocycles. The Kier molecular flexibility index (Phi) is 3.23. The minimum Gasteiger partial charge on any atom is -0.428 e. The van der Waals surface area contributed by atoms with Gasteiger partial charge >= 0.3 is 0 Å². The van der Waals surface area contributed by atoms with Crippen molar-refractivity contribution in [3.63, 3.8) is 0 Å². The molecular formula is C9H4BrClFNOS. The number of rotatable bonds is 2. The second-order valence-corrected chi connectivity index (χ2v) is 4.74. The highest BCUT2D eigenvalue weighted by Crippen LogP contribution is 2.29. The number of aromatic nitrogens is 1. The first-order chi connectivity index (χ1) is 7.15. The molecular weight excluding hydrogens is 305 g/mol. The van der Waals surface area contributed by atoms with Gasteiger partial charge in [0.2, 0.25) is 0 Å². The van der Waals surface area contributed by atoms with Crippen molar-refractivity contribution in [2.24, 2.45) is 0 Å². The van der Waals surface area contributed by atoms with Gasteiger partial charge < -0.3 is 4.74 Å². The lowest BCUT2D eigenvalue weighted by molar-refractivity contribution is 0.439. The third kappa shape index (κ3) is 2.68. The summed E-state index contributed by atoms with van der Waals surface area (Å²) in [5.41, 5.74) is 0. The number of ether oxygens (including phenoxy) is 1.